The molecule has 0 fully saturated rings. The van der Waals surface area contributed by atoms with Crippen LogP contribution in [0.4, 0.5) is 5.69 Å². The predicted octanol–water partition coefficient (Wildman–Crippen LogP) is 4.80. The second-order valence-electron chi connectivity index (χ2n) is 7.76. The standard InChI is InChI=1S/C27H21N3O6/c1-18-10-12-20(13-11-18)27(32)36-24-15-14-19-6-2-3-7-21(19)22(24)16-28-29-26(31)17-35-25-9-5-4-8-23(25)30(33)34/h2-16H,17H2,1H3,(H,29,31). The first-order valence-electron chi connectivity index (χ1n) is 10.9. The van der Waals surface area contributed by atoms with Gasteiger partial charge in [-0.2, -0.15) is 5.10 Å². The first-order chi connectivity index (χ1) is 17.4. The molecule has 9 heteroatoms. The van der Waals surface area contributed by atoms with Gasteiger partial charge in [0, 0.05) is 11.6 Å². The highest BCUT2D eigenvalue weighted by molar-refractivity contribution is 6.04. The summed E-state index contributed by atoms with van der Waals surface area (Å²) in [5.41, 5.74) is 4.00. The highest BCUT2D eigenvalue weighted by Gasteiger charge is 2.16. The van der Waals surface area contributed by atoms with Crippen molar-refractivity contribution in [2.24, 2.45) is 5.10 Å². The van der Waals surface area contributed by atoms with Gasteiger partial charge in [-0.15, -0.1) is 0 Å². The summed E-state index contributed by atoms with van der Waals surface area (Å²) in [5.74, 6) is -0.904. The number of esters is 1. The Morgan fingerprint density at radius 3 is 2.44 bits per heavy atom. The fourth-order valence-corrected chi connectivity index (χ4v) is 3.42. The van der Waals surface area contributed by atoms with Gasteiger partial charge in [0.1, 0.15) is 5.75 Å². The van der Waals surface area contributed by atoms with E-state index in [1.807, 2.05) is 49.4 Å². The van der Waals surface area contributed by atoms with Gasteiger partial charge in [0.15, 0.2) is 12.4 Å². The van der Waals surface area contributed by atoms with E-state index in [2.05, 4.69) is 10.5 Å². The number of amides is 1. The summed E-state index contributed by atoms with van der Waals surface area (Å²) >= 11 is 0. The Labute approximate surface area is 206 Å². The molecule has 0 aliphatic rings. The van der Waals surface area contributed by atoms with Crippen molar-refractivity contribution in [2.75, 3.05) is 6.61 Å². The van der Waals surface area contributed by atoms with E-state index in [-0.39, 0.29) is 17.2 Å². The van der Waals surface area contributed by atoms with Crippen LogP contribution in [0.2, 0.25) is 0 Å². The number of fused-ring (bicyclic) bond motifs is 1. The van der Waals surface area contributed by atoms with Crippen LogP contribution in [-0.4, -0.2) is 29.6 Å². The predicted molar refractivity (Wildman–Crippen MR) is 134 cm³/mol. The molecular formula is C27H21N3O6. The lowest BCUT2D eigenvalue weighted by molar-refractivity contribution is -0.385. The van der Waals surface area contributed by atoms with Gasteiger partial charge in [0.25, 0.3) is 5.91 Å². The molecule has 0 aliphatic heterocycles. The van der Waals surface area contributed by atoms with Crippen molar-refractivity contribution in [2.45, 2.75) is 6.92 Å². The average molecular weight is 483 g/mol. The molecule has 0 radical (unpaired) electrons. The number of hydrogen-bond acceptors (Lipinski definition) is 7. The molecule has 0 heterocycles. The minimum absolute atomic E-state index is 0.0269. The quantitative estimate of drug-likeness (QED) is 0.126. The molecule has 0 unspecified atom stereocenters. The van der Waals surface area contributed by atoms with Crippen molar-refractivity contribution in [1.82, 2.24) is 5.43 Å². The maximum atomic E-state index is 12.7. The van der Waals surface area contributed by atoms with Gasteiger partial charge < -0.3 is 9.47 Å². The van der Waals surface area contributed by atoms with E-state index in [4.69, 9.17) is 9.47 Å². The molecule has 4 aromatic carbocycles. The number of para-hydroxylation sites is 2. The molecule has 0 saturated carbocycles. The molecule has 36 heavy (non-hydrogen) atoms. The number of benzene rings is 4. The minimum atomic E-state index is -0.622. The third kappa shape index (κ3) is 5.71. The van der Waals surface area contributed by atoms with E-state index >= 15 is 0 Å². The zero-order chi connectivity index (χ0) is 25.5. The van der Waals surface area contributed by atoms with E-state index in [0.717, 1.165) is 16.3 Å². The van der Waals surface area contributed by atoms with Crippen molar-refractivity contribution in [3.05, 3.63) is 112 Å². The van der Waals surface area contributed by atoms with Gasteiger partial charge in [0.05, 0.1) is 16.7 Å². The van der Waals surface area contributed by atoms with Crippen LogP contribution in [-0.2, 0) is 4.79 Å². The number of carbonyl (C=O) groups excluding carboxylic acids is 2. The topological polar surface area (TPSA) is 120 Å². The van der Waals surface area contributed by atoms with Crippen molar-refractivity contribution < 1.29 is 24.0 Å². The highest BCUT2D eigenvalue weighted by atomic mass is 16.6. The van der Waals surface area contributed by atoms with Crippen LogP contribution in [0.25, 0.3) is 10.8 Å². The zero-order valence-electron chi connectivity index (χ0n) is 19.2. The summed E-state index contributed by atoms with van der Waals surface area (Å²) in [6, 6.07) is 23.7. The van der Waals surface area contributed by atoms with Gasteiger partial charge in [-0.3, -0.25) is 14.9 Å². The Morgan fingerprint density at radius 2 is 1.67 bits per heavy atom. The molecule has 0 bridgehead atoms. The lowest BCUT2D eigenvalue weighted by atomic mass is 10.0. The van der Waals surface area contributed by atoms with Crippen LogP contribution in [0.15, 0.2) is 90.0 Å². The fourth-order valence-electron chi connectivity index (χ4n) is 3.42. The number of hydrazone groups is 1. The number of rotatable bonds is 8. The lowest BCUT2D eigenvalue weighted by Crippen LogP contribution is -2.24. The van der Waals surface area contributed by atoms with Gasteiger partial charge in [0.2, 0.25) is 0 Å². The van der Waals surface area contributed by atoms with Crippen LogP contribution in [0.3, 0.4) is 0 Å². The molecular weight excluding hydrogens is 462 g/mol. The van der Waals surface area contributed by atoms with Crippen molar-refractivity contribution >= 4 is 34.6 Å². The zero-order valence-corrected chi connectivity index (χ0v) is 19.2. The molecule has 4 rings (SSSR count). The number of nitrogens with one attached hydrogen (secondary N) is 1. The first-order valence-corrected chi connectivity index (χ1v) is 10.9. The lowest BCUT2D eigenvalue weighted by Gasteiger charge is -2.11. The van der Waals surface area contributed by atoms with E-state index in [0.29, 0.717) is 11.1 Å². The molecule has 4 aromatic rings. The molecule has 0 atom stereocenters. The molecule has 0 aromatic heterocycles. The van der Waals surface area contributed by atoms with Crippen LogP contribution >= 0.6 is 0 Å². The van der Waals surface area contributed by atoms with Gasteiger partial charge in [-0.25, -0.2) is 10.2 Å². The third-order valence-corrected chi connectivity index (χ3v) is 5.22. The van der Waals surface area contributed by atoms with Crippen LogP contribution in [0.5, 0.6) is 11.5 Å². The minimum Gasteiger partial charge on any atom is -0.477 e. The molecule has 0 saturated heterocycles. The Hall–Kier alpha value is -5.05. The monoisotopic (exact) mass is 483 g/mol. The molecule has 0 aliphatic carbocycles. The Bertz CT molecular complexity index is 1460. The largest absolute Gasteiger partial charge is 0.477 e. The Kier molecular flexibility index (Phi) is 7.30. The summed E-state index contributed by atoms with van der Waals surface area (Å²) in [7, 11) is 0. The van der Waals surface area contributed by atoms with E-state index in [1.54, 1.807) is 24.3 Å². The number of nitrogens with zero attached hydrogens (tertiary/aromatic N) is 2. The normalized spacial score (nSPS) is 10.8. The smallest absolute Gasteiger partial charge is 0.343 e. The summed E-state index contributed by atoms with van der Waals surface area (Å²) < 4.78 is 10.9. The maximum Gasteiger partial charge on any atom is 0.343 e. The fraction of sp³-hybridized carbons (Fsp3) is 0.0741. The maximum absolute atomic E-state index is 12.7. The second-order valence-corrected chi connectivity index (χ2v) is 7.76. The number of nitro benzene ring substituents is 1. The summed E-state index contributed by atoms with van der Waals surface area (Å²) in [4.78, 5) is 35.4. The van der Waals surface area contributed by atoms with Crippen molar-refractivity contribution in [3.63, 3.8) is 0 Å². The highest BCUT2D eigenvalue weighted by Crippen LogP contribution is 2.28. The number of hydrogen-bond donors (Lipinski definition) is 1. The number of aryl methyl sites for hydroxylation is 1. The molecule has 0 spiro atoms. The number of ether oxygens (including phenoxy) is 2. The Balaban J connectivity index is 1.50. The van der Waals surface area contributed by atoms with Gasteiger partial charge >= 0.3 is 11.7 Å². The Morgan fingerprint density at radius 1 is 0.944 bits per heavy atom. The molecule has 1 amide bonds. The van der Waals surface area contributed by atoms with E-state index in [1.165, 1.54) is 24.4 Å². The number of carbonyl (C=O) groups is 2. The summed E-state index contributed by atoms with van der Waals surface area (Å²) in [6.07, 6.45) is 1.38. The van der Waals surface area contributed by atoms with Crippen LogP contribution in [0, 0.1) is 17.0 Å². The molecule has 9 nitrogen and oxygen atoms in total. The van der Waals surface area contributed by atoms with E-state index in [9.17, 15) is 19.7 Å². The first kappa shape index (κ1) is 24.1. The van der Waals surface area contributed by atoms with E-state index < -0.39 is 23.4 Å². The molecule has 180 valence electrons. The van der Waals surface area contributed by atoms with Crippen LogP contribution in [0.1, 0.15) is 21.5 Å². The summed E-state index contributed by atoms with van der Waals surface area (Å²) in [5, 5.41) is 16.7. The third-order valence-electron chi connectivity index (χ3n) is 5.22. The second kappa shape index (κ2) is 10.9. The van der Waals surface area contributed by atoms with Crippen molar-refractivity contribution in [3.8, 4) is 11.5 Å². The van der Waals surface area contributed by atoms with Gasteiger partial charge in [-0.05, 0) is 42.0 Å². The SMILES string of the molecule is Cc1ccc(C(=O)Oc2ccc3ccccc3c2C=NNC(=O)COc2ccccc2[N+](=O)[O-])cc1. The number of nitro groups is 1. The summed E-state index contributed by atoms with van der Waals surface area (Å²) in [6.45, 7) is 1.44. The molecule has 1 N–H and O–H groups in total. The average Bonchev–Trinajstić information content (AvgIpc) is 2.89. The van der Waals surface area contributed by atoms with Crippen LogP contribution < -0.4 is 14.9 Å². The van der Waals surface area contributed by atoms with Gasteiger partial charge in [-0.1, -0.05) is 60.2 Å². The van der Waals surface area contributed by atoms with Crippen molar-refractivity contribution in [1.29, 1.82) is 0 Å².